The molecule has 1 atom stereocenters. The number of nitrogens with one attached hydrogen (secondary N) is 2. The third-order valence-corrected chi connectivity index (χ3v) is 4.39. The fourth-order valence-electron chi connectivity index (χ4n) is 2.79. The van der Waals surface area contributed by atoms with Gasteiger partial charge in [-0.3, -0.25) is 4.90 Å². The van der Waals surface area contributed by atoms with Crippen molar-refractivity contribution in [2.45, 2.75) is 51.3 Å². The maximum Gasteiger partial charge on any atom is 0.314 e. The van der Waals surface area contributed by atoms with Crippen LogP contribution < -0.4 is 10.6 Å². The minimum atomic E-state index is -1.25. The summed E-state index contributed by atoms with van der Waals surface area (Å²) in [7, 11) is 0. The minimum Gasteiger partial charge on any atom is -0.384 e. The Bertz CT molecular complexity index is 540. The minimum absolute atomic E-state index is 0.0565. The molecular formula is C18H28FN3O2. The van der Waals surface area contributed by atoms with Crippen molar-refractivity contribution < 1.29 is 14.3 Å². The Hall–Kier alpha value is -1.66. The predicted octanol–water partition coefficient (Wildman–Crippen LogP) is 2.21. The molecule has 134 valence electrons. The van der Waals surface area contributed by atoms with E-state index in [2.05, 4.69) is 29.4 Å². The number of rotatable bonds is 8. The summed E-state index contributed by atoms with van der Waals surface area (Å²) in [6.45, 7) is 7.37. The first kappa shape index (κ1) is 18.7. The van der Waals surface area contributed by atoms with Gasteiger partial charge in [-0.05, 0) is 51.3 Å². The molecule has 6 heteroatoms. The number of aliphatic hydroxyl groups is 1. The number of benzene rings is 1. The van der Waals surface area contributed by atoms with Crippen LogP contribution in [0.4, 0.5) is 9.18 Å². The number of amides is 2. The largest absolute Gasteiger partial charge is 0.384 e. The van der Waals surface area contributed by atoms with E-state index in [1.54, 1.807) is 6.92 Å². The number of nitrogens with zero attached hydrogens (tertiary/aromatic N) is 1. The molecule has 0 aliphatic heterocycles. The van der Waals surface area contributed by atoms with Gasteiger partial charge in [0.15, 0.2) is 0 Å². The maximum atomic E-state index is 12.9. The van der Waals surface area contributed by atoms with E-state index < -0.39 is 5.60 Å². The molecule has 1 saturated carbocycles. The van der Waals surface area contributed by atoms with Gasteiger partial charge >= 0.3 is 6.03 Å². The first-order valence-electron chi connectivity index (χ1n) is 8.55. The van der Waals surface area contributed by atoms with Crippen LogP contribution in [-0.2, 0) is 5.60 Å². The molecule has 1 aliphatic rings. The van der Waals surface area contributed by atoms with Gasteiger partial charge in [-0.2, -0.15) is 0 Å². The van der Waals surface area contributed by atoms with Gasteiger partial charge in [0.1, 0.15) is 11.4 Å². The first-order valence-corrected chi connectivity index (χ1v) is 8.55. The van der Waals surface area contributed by atoms with E-state index in [0.717, 1.165) is 6.54 Å². The van der Waals surface area contributed by atoms with E-state index in [4.69, 9.17) is 0 Å². The van der Waals surface area contributed by atoms with Gasteiger partial charge in [0.25, 0.3) is 0 Å². The van der Waals surface area contributed by atoms with Crippen LogP contribution in [0.1, 0.15) is 39.2 Å². The standard InChI is InChI=1S/C18H28FN3O2/c1-13(2)22(16-8-9-16)11-10-20-17(23)21-12-18(3,24)14-4-6-15(19)7-5-14/h4-7,13,16,24H,8-12H2,1-3H3,(H2,20,21,23). The number of hydrogen-bond donors (Lipinski definition) is 3. The molecule has 1 fully saturated rings. The molecule has 2 amide bonds. The van der Waals surface area contributed by atoms with Crippen molar-refractivity contribution in [2.75, 3.05) is 19.6 Å². The van der Waals surface area contributed by atoms with Gasteiger partial charge in [0.2, 0.25) is 0 Å². The second-order valence-electron chi connectivity index (χ2n) is 6.95. The summed E-state index contributed by atoms with van der Waals surface area (Å²) in [4.78, 5) is 14.3. The zero-order valence-electron chi connectivity index (χ0n) is 14.7. The number of hydrogen-bond acceptors (Lipinski definition) is 3. The fraction of sp³-hybridized carbons (Fsp3) is 0.611. The molecule has 0 spiro atoms. The van der Waals surface area contributed by atoms with E-state index in [0.29, 0.717) is 24.2 Å². The quantitative estimate of drug-likeness (QED) is 0.681. The van der Waals surface area contributed by atoms with E-state index in [1.807, 2.05) is 0 Å². The lowest BCUT2D eigenvalue weighted by molar-refractivity contribution is 0.0593. The molecule has 0 heterocycles. The molecule has 0 radical (unpaired) electrons. The van der Waals surface area contributed by atoms with Crippen LogP contribution in [-0.4, -0.2) is 47.8 Å². The topological polar surface area (TPSA) is 64.6 Å². The van der Waals surface area contributed by atoms with E-state index in [-0.39, 0.29) is 18.4 Å². The molecule has 2 rings (SSSR count). The Balaban J connectivity index is 1.73. The summed E-state index contributed by atoms with van der Waals surface area (Å²) >= 11 is 0. The molecule has 0 aromatic heterocycles. The van der Waals surface area contributed by atoms with Crippen LogP contribution in [0.2, 0.25) is 0 Å². The third kappa shape index (κ3) is 5.46. The number of halogens is 1. The molecule has 3 N–H and O–H groups in total. The molecule has 1 aromatic carbocycles. The van der Waals surface area contributed by atoms with Crippen LogP contribution in [0.3, 0.4) is 0 Å². The van der Waals surface area contributed by atoms with Crippen LogP contribution >= 0.6 is 0 Å². The number of urea groups is 1. The SMILES string of the molecule is CC(C)N(CCNC(=O)NCC(C)(O)c1ccc(F)cc1)C1CC1. The van der Waals surface area contributed by atoms with Crippen molar-refractivity contribution in [3.63, 3.8) is 0 Å². The Morgan fingerprint density at radius 2 is 1.96 bits per heavy atom. The normalized spacial score (nSPS) is 17.0. The van der Waals surface area contributed by atoms with Crippen molar-refractivity contribution in [2.24, 2.45) is 0 Å². The van der Waals surface area contributed by atoms with Gasteiger partial charge in [-0.25, -0.2) is 9.18 Å². The van der Waals surface area contributed by atoms with Crippen molar-refractivity contribution >= 4 is 6.03 Å². The van der Waals surface area contributed by atoms with Crippen molar-refractivity contribution in [3.05, 3.63) is 35.6 Å². The summed E-state index contributed by atoms with van der Waals surface area (Å²) in [6, 6.07) is 6.45. The molecule has 1 aromatic rings. The summed E-state index contributed by atoms with van der Waals surface area (Å²) in [6.07, 6.45) is 2.48. The summed E-state index contributed by atoms with van der Waals surface area (Å²) < 4.78 is 12.9. The lowest BCUT2D eigenvalue weighted by atomic mass is 9.96. The second-order valence-corrected chi connectivity index (χ2v) is 6.95. The highest BCUT2D eigenvalue weighted by atomic mass is 19.1. The number of carbonyl (C=O) groups excluding carboxylic acids is 1. The molecule has 1 unspecified atom stereocenters. The Morgan fingerprint density at radius 3 is 2.50 bits per heavy atom. The van der Waals surface area contributed by atoms with E-state index in [1.165, 1.54) is 37.1 Å². The third-order valence-electron chi connectivity index (χ3n) is 4.39. The van der Waals surface area contributed by atoms with E-state index in [9.17, 15) is 14.3 Å². The molecular weight excluding hydrogens is 309 g/mol. The molecule has 0 saturated heterocycles. The molecule has 24 heavy (non-hydrogen) atoms. The van der Waals surface area contributed by atoms with Crippen molar-refractivity contribution in [1.82, 2.24) is 15.5 Å². The Kier molecular flexibility index (Phi) is 6.18. The average Bonchev–Trinajstić information content (AvgIpc) is 3.34. The monoisotopic (exact) mass is 337 g/mol. The fourth-order valence-corrected chi connectivity index (χ4v) is 2.79. The Labute approximate surface area is 143 Å². The first-order chi connectivity index (χ1) is 11.3. The summed E-state index contributed by atoms with van der Waals surface area (Å²) in [5, 5.41) is 15.9. The van der Waals surface area contributed by atoms with Crippen molar-refractivity contribution in [3.8, 4) is 0 Å². The van der Waals surface area contributed by atoms with Gasteiger partial charge in [0, 0.05) is 25.2 Å². The van der Waals surface area contributed by atoms with Gasteiger partial charge in [-0.1, -0.05) is 12.1 Å². The predicted molar refractivity (Wildman–Crippen MR) is 92.2 cm³/mol. The van der Waals surface area contributed by atoms with Gasteiger partial charge < -0.3 is 15.7 Å². The van der Waals surface area contributed by atoms with Gasteiger partial charge in [0.05, 0.1) is 6.54 Å². The average molecular weight is 337 g/mol. The summed E-state index contributed by atoms with van der Waals surface area (Å²) in [5.74, 6) is -0.356. The van der Waals surface area contributed by atoms with Crippen LogP contribution in [0, 0.1) is 5.82 Å². The highest BCUT2D eigenvalue weighted by molar-refractivity contribution is 5.73. The number of carbonyl (C=O) groups is 1. The highest BCUT2D eigenvalue weighted by Crippen LogP contribution is 2.27. The lowest BCUT2D eigenvalue weighted by Crippen LogP contribution is -2.46. The van der Waals surface area contributed by atoms with Crippen LogP contribution in [0.5, 0.6) is 0 Å². The zero-order chi connectivity index (χ0) is 17.7. The molecule has 1 aliphatic carbocycles. The van der Waals surface area contributed by atoms with Crippen molar-refractivity contribution in [1.29, 1.82) is 0 Å². The summed E-state index contributed by atoms with van der Waals surface area (Å²) in [5.41, 5.74) is -0.688. The van der Waals surface area contributed by atoms with Gasteiger partial charge in [-0.15, -0.1) is 0 Å². The smallest absolute Gasteiger partial charge is 0.314 e. The second kappa shape index (κ2) is 7.94. The zero-order valence-corrected chi connectivity index (χ0v) is 14.7. The van der Waals surface area contributed by atoms with Crippen LogP contribution in [0.15, 0.2) is 24.3 Å². The molecule has 0 bridgehead atoms. The van der Waals surface area contributed by atoms with Crippen LogP contribution in [0.25, 0.3) is 0 Å². The molecule has 5 nitrogen and oxygen atoms in total. The lowest BCUT2D eigenvalue weighted by Gasteiger charge is -2.27. The van der Waals surface area contributed by atoms with E-state index >= 15 is 0 Å². The highest BCUT2D eigenvalue weighted by Gasteiger charge is 2.30. The maximum absolute atomic E-state index is 12.9. The Morgan fingerprint density at radius 1 is 1.33 bits per heavy atom.